The van der Waals surface area contributed by atoms with Crippen LogP contribution in [0.25, 0.3) is 0 Å². The quantitative estimate of drug-likeness (QED) is 0.831. The van der Waals surface area contributed by atoms with Crippen LogP contribution in [-0.2, 0) is 4.74 Å². The molecular weight excluding hydrogens is 279 g/mol. The zero-order valence-corrected chi connectivity index (χ0v) is 11.1. The van der Waals surface area contributed by atoms with Gasteiger partial charge in [-0.15, -0.1) is 0 Å². The van der Waals surface area contributed by atoms with Crippen molar-refractivity contribution in [1.82, 2.24) is 0 Å². The molecule has 0 radical (unpaired) electrons. The lowest BCUT2D eigenvalue weighted by Crippen LogP contribution is -2.03. The number of benzene rings is 2. The molecule has 0 unspecified atom stereocenters. The van der Waals surface area contributed by atoms with Gasteiger partial charge in [-0.05, 0) is 42.5 Å². The van der Waals surface area contributed by atoms with E-state index in [9.17, 15) is 14.0 Å². The molecule has 0 aliphatic carbocycles. The number of carboxylic acids is 1. The Morgan fingerprint density at radius 3 is 2.10 bits per heavy atom. The van der Waals surface area contributed by atoms with E-state index in [-0.39, 0.29) is 22.7 Å². The summed E-state index contributed by atoms with van der Waals surface area (Å²) in [5, 5.41) is 17.2. The second-order valence-electron chi connectivity index (χ2n) is 3.85. The lowest BCUT2D eigenvalue weighted by atomic mass is 10.1. The molecule has 2 aromatic carbocycles. The lowest BCUT2D eigenvalue weighted by molar-refractivity contribution is 0.0600. The van der Waals surface area contributed by atoms with Gasteiger partial charge in [0.05, 0.1) is 18.2 Å². The second kappa shape index (κ2) is 7.64. The predicted molar refractivity (Wildman–Crippen MR) is 72.8 cm³/mol. The molecule has 2 N–H and O–H groups in total. The molecule has 2 aromatic rings. The Balaban J connectivity index is 0.000000235. The van der Waals surface area contributed by atoms with Crippen LogP contribution in [0.3, 0.4) is 0 Å². The third-order valence-electron chi connectivity index (χ3n) is 2.36. The van der Waals surface area contributed by atoms with E-state index in [0.29, 0.717) is 0 Å². The Hall–Kier alpha value is -2.89. The third-order valence-corrected chi connectivity index (χ3v) is 2.36. The first kappa shape index (κ1) is 16.2. The van der Waals surface area contributed by atoms with Crippen molar-refractivity contribution < 1.29 is 28.9 Å². The average Bonchev–Trinajstić information content (AvgIpc) is 2.50. The number of esters is 1. The van der Waals surface area contributed by atoms with Crippen molar-refractivity contribution in [3.63, 3.8) is 0 Å². The number of carbonyl (C=O) groups excluding carboxylic acids is 1. The van der Waals surface area contributed by atoms with Gasteiger partial charge >= 0.3 is 11.9 Å². The summed E-state index contributed by atoms with van der Waals surface area (Å²) in [6.45, 7) is 0. The highest BCUT2D eigenvalue weighted by molar-refractivity contribution is 5.94. The Morgan fingerprint density at radius 1 is 1.05 bits per heavy atom. The van der Waals surface area contributed by atoms with Crippen LogP contribution in [0.4, 0.5) is 4.39 Å². The van der Waals surface area contributed by atoms with Crippen LogP contribution in [0.2, 0.25) is 0 Å². The number of hydrogen-bond acceptors (Lipinski definition) is 4. The van der Waals surface area contributed by atoms with Gasteiger partial charge in [0.1, 0.15) is 11.6 Å². The molecule has 2 rings (SSSR count). The van der Waals surface area contributed by atoms with Crippen LogP contribution in [0.1, 0.15) is 20.7 Å². The molecule has 6 heteroatoms. The zero-order chi connectivity index (χ0) is 15.8. The number of aromatic hydroxyl groups is 1. The fourth-order valence-corrected chi connectivity index (χ4v) is 1.34. The maximum atomic E-state index is 12.0. The van der Waals surface area contributed by atoms with E-state index in [0.717, 1.165) is 0 Å². The molecule has 0 heterocycles. The minimum absolute atomic E-state index is 0.0721. The van der Waals surface area contributed by atoms with Gasteiger partial charge in [0.2, 0.25) is 0 Å². The van der Waals surface area contributed by atoms with E-state index in [4.69, 9.17) is 10.2 Å². The molecule has 110 valence electrons. The minimum Gasteiger partial charge on any atom is -0.508 e. The van der Waals surface area contributed by atoms with Crippen molar-refractivity contribution in [1.29, 1.82) is 0 Å². The number of phenols is 1. The minimum atomic E-state index is -1.06. The molecule has 0 aromatic heterocycles. The summed E-state index contributed by atoms with van der Waals surface area (Å²) in [5.74, 6) is -1.84. The number of rotatable bonds is 2. The van der Waals surface area contributed by atoms with Gasteiger partial charge in [-0.1, -0.05) is 6.07 Å². The number of aromatic carboxylic acids is 1. The van der Waals surface area contributed by atoms with Crippen LogP contribution in [0.15, 0.2) is 48.5 Å². The molecule has 0 bridgehead atoms. The number of carbonyl (C=O) groups is 2. The van der Waals surface area contributed by atoms with Crippen molar-refractivity contribution >= 4 is 11.9 Å². The molecular formula is C15H13FO5. The Bertz CT molecular complexity index is 601. The molecule has 5 nitrogen and oxygen atoms in total. The maximum absolute atomic E-state index is 12.0. The van der Waals surface area contributed by atoms with Crippen LogP contribution in [0.5, 0.6) is 5.75 Å². The second-order valence-corrected chi connectivity index (χ2v) is 3.85. The van der Waals surface area contributed by atoms with Gasteiger partial charge in [0.25, 0.3) is 0 Å². The number of ether oxygens (including phenoxy) is 1. The molecule has 0 saturated carbocycles. The summed E-state index contributed by atoms with van der Waals surface area (Å²) in [7, 11) is 1.25. The third kappa shape index (κ3) is 5.32. The van der Waals surface area contributed by atoms with Crippen molar-refractivity contribution in [2.24, 2.45) is 0 Å². The van der Waals surface area contributed by atoms with Gasteiger partial charge in [-0.3, -0.25) is 0 Å². The Morgan fingerprint density at radius 2 is 1.62 bits per heavy atom. The van der Waals surface area contributed by atoms with Gasteiger partial charge in [-0.25, -0.2) is 14.0 Å². The molecule has 0 saturated heterocycles. The molecule has 21 heavy (non-hydrogen) atoms. The summed E-state index contributed by atoms with van der Waals surface area (Å²) < 4.78 is 16.4. The lowest BCUT2D eigenvalue weighted by Gasteiger charge is -1.99. The van der Waals surface area contributed by atoms with E-state index in [1.807, 2.05) is 0 Å². The van der Waals surface area contributed by atoms with Crippen LogP contribution in [0, 0.1) is 5.82 Å². The van der Waals surface area contributed by atoms with Crippen molar-refractivity contribution in [3.8, 4) is 5.75 Å². The van der Waals surface area contributed by atoms with Crippen molar-refractivity contribution in [2.75, 3.05) is 7.11 Å². The summed E-state index contributed by atoms with van der Waals surface area (Å²) in [6, 6.07) is 10.7. The van der Waals surface area contributed by atoms with Crippen LogP contribution >= 0.6 is 0 Å². The van der Waals surface area contributed by atoms with Gasteiger partial charge < -0.3 is 14.9 Å². The normalized spacial score (nSPS) is 9.24. The molecule has 0 aliphatic rings. The van der Waals surface area contributed by atoms with Gasteiger partial charge in [0, 0.05) is 0 Å². The maximum Gasteiger partial charge on any atom is 0.337 e. The van der Waals surface area contributed by atoms with E-state index in [1.165, 1.54) is 55.6 Å². The molecule has 0 atom stereocenters. The Kier molecular flexibility index (Phi) is 5.88. The summed E-state index contributed by atoms with van der Waals surface area (Å²) >= 11 is 0. The summed E-state index contributed by atoms with van der Waals surface area (Å²) in [4.78, 5) is 21.5. The fraction of sp³-hybridized carbons (Fsp3) is 0.0667. The van der Waals surface area contributed by atoms with Crippen LogP contribution < -0.4 is 0 Å². The molecule has 0 aliphatic heterocycles. The molecule has 0 spiro atoms. The first-order chi connectivity index (χ1) is 9.93. The topological polar surface area (TPSA) is 83.8 Å². The van der Waals surface area contributed by atoms with Gasteiger partial charge in [0.15, 0.2) is 0 Å². The smallest absolute Gasteiger partial charge is 0.337 e. The fourth-order valence-electron chi connectivity index (χ4n) is 1.34. The van der Waals surface area contributed by atoms with E-state index in [2.05, 4.69) is 4.74 Å². The van der Waals surface area contributed by atoms with Crippen molar-refractivity contribution in [2.45, 2.75) is 0 Å². The number of halogens is 1. The first-order valence-electron chi connectivity index (χ1n) is 5.80. The van der Waals surface area contributed by atoms with Crippen LogP contribution in [-0.4, -0.2) is 29.3 Å². The highest BCUT2D eigenvalue weighted by atomic mass is 19.1. The average molecular weight is 292 g/mol. The monoisotopic (exact) mass is 292 g/mol. The van der Waals surface area contributed by atoms with Crippen molar-refractivity contribution in [3.05, 3.63) is 65.5 Å². The SMILES string of the molecule is COC(=O)c1cccc(C(=O)O)c1.Oc1ccc(F)cc1. The number of hydrogen-bond donors (Lipinski definition) is 2. The zero-order valence-electron chi connectivity index (χ0n) is 11.1. The highest BCUT2D eigenvalue weighted by Crippen LogP contribution is 2.07. The first-order valence-corrected chi connectivity index (χ1v) is 5.80. The van der Waals surface area contributed by atoms with Gasteiger partial charge in [-0.2, -0.15) is 0 Å². The number of methoxy groups -OCH3 is 1. The molecule has 0 amide bonds. The number of phenolic OH excluding ortho intramolecular Hbond substituents is 1. The standard InChI is InChI=1S/C9H8O4.C6H5FO/c1-13-9(12)7-4-2-3-6(5-7)8(10)11;7-5-1-3-6(8)4-2-5/h2-5H,1H3,(H,10,11);1-4,8H. The van der Waals surface area contributed by atoms with E-state index >= 15 is 0 Å². The highest BCUT2D eigenvalue weighted by Gasteiger charge is 2.08. The molecule has 0 fully saturated rings. The number of carboxylic acid groups (broad SMARTS) is 1. The summed E-state index contributed by atoms with van der Waals surface area (Å²) in [5.41, 5.74) is 0.310. The van der Waals surface area contributed by atoms with E-state index < -0.39 is 11.9 Å². The van der Waals surface area contributed by atoms with E-state index in [1.54, 1.807) is 0 Å². The Labute approximate surface area is 120 Å². The summed E-state index contributed by atoms with van der Waals surface area (Å²) in [6.07, 6.45) is 0. The predicted octanol–water partition coefficient (Wildman–Crippen LogP) is 2.70. The largest absolute Gasteiger partial charge is 0.508 e.